The second-order valence-electron chi connectivity index (χ2n) is 7.53. The number of hydrogen-bond acceptors (Lipinski definition) is 7. The number of pyridine rings is 1. The molecule has 152 valence electrons. The highest BCUT2D eigenvalue weighted by molar-refractivity contribution is 5.71. The number of hydrogen-bond donors (Lipinski definition) is 4. The molecule has 0 saturated heterocycles. The maximum absolute atomic E-state index is 11.5. The SMILES string of the molecule is NCC1CCC(CNc2cc(NCCc3ccccc3)ncc2N([O-])O)CC1. The lowest BCUT2D eigenvalue weighted by Gasteiger charge is -2.29. The molecule has 1 aromatic carbocycles. The van der Waals surface area contributed by atoms with E-state index in [0.29, 0.717) is 23.3 Å². The zero-order valence-corrected chi connectivity index (χ0v) is 16.2. The third kappa shape index (κ3) is 5.82. The van der Waals surface area contributed by atoms with Crippen LogP contribution in [0.15, 0.2) is 42.6 Å². The number of anilines is 3. The summed E-state index contributed by atoms with van der Waals surface area (Å²) in [4.78, 5) is 4.24. The van der Waals surface area contributed by atoms with E-state index in [1.807, 2.05) is 18.2 Å². The minimum absolute atomic E-state index is 0.129. The highest BCUT2D eigenvalue weighted by atomic mass is 16.8. The van der Waals surface area contributed by atoms with Gasteiger partial charge in [0.15, 0.2) is 0 Å². The molecule has 1 saturated carbocycles. The zero-order valence-electron chi connectivity index (χ0n) is 16.2. The Labute approximate surface area is 166 Å². The Morgan fingerprint density at radius 1 is 1.11 bits per heavy atom. The van der Waals surface area contributed by atoms with Gasteiger partial charge in [0.1, 0.15) is 5.82 Å². The second-order valence-corrected chi connectivity index (χ2v) is 7.53. The molecule has 28 heavy (non-hydrogen) atoms. The number of nitrogens with zero attached hydrogens (tertiary/aromatic N) is 2. The standard InChI is InChI=1S/C21H30N5O2/c22-13-17-6-8-18(9-7-17)14-24-19-12-21(25-15-20(19)26(27)28)23-11-10-16-4-2-1-3-5-16/h1-5,12,15,17-18,27H,6-11,13-14,22H2,(H2,23,24,25)/q-1. The van der Waals surface area contributed by atoms with Gasteiger partial charge in [-0.15, -0.1) is 0 Å². The van der Waals surface area contributed by atoms with Gasteiger partial charge in [-0.1, -0.05) is 30.3 Å². The molecule has 3 rings (SSSR count). The molecule has 7 nitrogen and oxygen atoms in total. The predicted molar refractivity (Wildman–Crippen MR) is 113 cm³/mol. The Hall–Kier alpha value is -2.35. The maximum atomic E-state index is 11.5. The molecule has 1 aromatic heterocycles. The number of aromatic nitrogens is 1. The average molecular weight is 385 g/mol. The van der Waals surface area contributed by atoms with Crippen molar-refractivity contribution in [1.82, 2.24) is 4.98 Å². The molecule has 0 spiro atoms. The lowest BCUT2D eigenvalue weighted by Crippen LogP contribution is -2.25. The van der Waals surface area contributed by atoms with Crippen molar-refractivity contribution in [2.24, 2.45) is 17.6 Å². The van der Waals surface area contributed by atoms with E-state index >= 15 is 0 Å². The van der Waals surface area contributed by atoms with Gasteiger partial charge in [0.05, 0.1) is 17.6 Å². The first-order chi connectivity index (χ1) is 13.7. The van der Waals surface area contributed by atoms with Crippen LogP contribution in [-0.2, 0) is 6.42 Å². The minimum Gasteiger partial charge on any atom is -0.733 e. The molecule has 0 amide bonds. The predicted octanol–water partition coefficient (Wildman–Crippen LogP) is 3.61. The Balaban J connectivity index is 1.56. The van der Waals surface area contributed by atoms with Crippen LogP contribution in [0.3, 0.4) is 0 Å². The van der Waals surface area contributed by atoms with Crippen molar-refractivity contribution in [3.63, 3.8) is 0 Å². The van der Waals surface area contributed by atoms with Gasteiger partial charge >= 0.3 is 0 Å². The van der Waals surface area contributed by atoms with Crippen LogP contribution in [0.1, 0.15) is 31.2 Å². The first-order valence-electron chi connectivity index (χ1n) is 10.0. The molecule has 1 aliphatic rings. The Kier molecular flexibility index (Phi) is 7.47. The van der Waals surface area contributed by atoms with Crippen molar-refractivity contribution in [1.29, 1.82) is 0 Å². The largest absolute Gasteiger partial charge is 0.733 e. The van der Waals surface area contributed by atoms with E-state index in [-0.39, 0.29) is 10.9 Å². The third-order valence-electron chi connectivity index (χ3n) is 5.53. The van der Waals surface area contributed by atoms with Crippen LogP contribution in [0.25, 0.3) is 0 Å². The van der Waals surface area contributed by atoms with Crippen molar-refractivity contribution in [2.75, 3.05) is 35.5 Å². The molecular formula is C21H30N5O2-. The molecule has 1 fully saturated rings. The van der Waals surface area contributed by atoms with E-state index in [4.69, 9.17) is 5.73 Å². The number of rotatable bonds is 9. The Bertz CT molecular complexity index is 718. The topological polar surface area (TPSA) is 110 Å². The first kappa shape index (κ1) is 20.4. The lowest BCUT2D eigenvalue weighted by molar-refractivity contribution is 0.288. The van der Waals surface area contributed by atoms with Crippen LogP contribution in [-0.4, -0.2) is 29.8 Å². The quantitative estimate of drug-likeness (QED) is 0.489. The van der Waals surface area contributed by atoms with E-state index in [0.717, 1.165) is 51.7 Å². The smallest absolute Gasteiger partial charge is 0.128 e. The summed E-state index contributed by atoms with van der Waals surface area (Å²) in [5.41, 5.74) is 7.73. The summed E-state index contributed by atoms with van der Waals surface area (Å²) in [6.07, 6.45) is 6.87. The van der Waals surface area contributed by atoms with Crippen LogP contribution < -0.4 is 21.6 Å². The molecule has 0 radical (unpaired) electrons. The van der Waals surface area contributed by atoms with Crippen molar-refractivity contribution in [2.45, 2.75) is 32.1 Å². The van der Waals surface area contributed by atoms with Crippen LogP contribution in [0, 0.1) is 17.0 Å². The molecular weight excluding hydrogens is 354 g/mol. The summed E-state index contributed by atoms with van der Waals surface area (Å²) in [5.74, 6) is 1.87. The summed E-state index contributed by atoms with van der Waals surface area (Å²) in [5, 5.41) is 27.3. The Morgan fingerprint density at radius 3 is 2.50 bits per heavy atom. The van der Waals surface area contributed by atoms with E-state index < -0.39 is 0 Å². The van der Waals surface area contributed by atoms with E-state index in [1.54, 1.807) is 6.07 Å². The van der Waals surface area contributed by atoms with Gasteiger partial charge in [-0.25, -0.2) is 4.98 Å². The van der Waals surface area contributed by atoms with Gasteiger partial charge in [-0.2, -0.15) is 0 Å². The third-order valence-corrected chi connectivity index (χ3v) is 5.53. The number of nitrogens with two attached hydrogens (primary N) is 1. The fourth-order valence-electron chi connectivity index (χ4n) is 3.74. The summed E-state index contributed by atoms with van der Waals surface area (Å²) < 4.78 is 0. The highest BCUT2D eigenvalue weighted by Crippen LogP contribution is 2.30. The summed E-state index contributed by atoms with van der Waals surface area (Å²) >= 11 is 0. The van der Waals surface area contributed by atoms with Crippen molar-refractivity contribution in [3.8, 4) is 0 Å². The van der Waals surface area contributed by atoms with E-state index in [2.05, 4.69) is 27.8 Å². The molecule has 1 heterocycles. The van der Waals surface area contributed by atoms with Crippen molar-refractivity contribution in [3.05, 3.63) is 53.4 Å². The maximum Gasteiger partial charge on any atom is 0.128 e. The van der Waals surface area contributed by atoms with E-state index in [9.17, 15) is 10.4 Å². The van der Waals surface area contributed by atoms with Gasteiger partial charge in [-0.3, -0.25) is 5.21 Å². The Morgan fingerprint density at radius 2 is 1.82 bits per heavy atom. The summed E-state index contributed by atoms with van der Waals surface area (Å²) in [6, 6.07) is 12.0. The lowest BCUT2D eigenvalue weighted by atomic mass is 9.82. The number of nitrogens with one attached hydrogen (secondary N) is 2. The van der Waals surface area contributed by atoms with Crippen molar-refractivity contribution < 1.29 is 5.21 Å². The average Bonchev–Trinajstić information content (AvgIpc) is 2.73. The van der Waals surface area contributed by atoms with Gasteiger partial charge in [0.2, 0.25) is 0 Å². The van der Waals surface area contributed by atoms with Crippen LogP contribution in [0.5, 0.6) is 0 Å². The molecule has 2 aromatic rings. The fourth-order valence-corrected chi connectivity index (χ4v) is 3.74. The van der Waals surface area contributed by atoms with Gasteiger partial charge in [-0.05, 0) is 56.0 Å². The van der Waals surface area contributed by atoms with Crippen LogP contribution in [0.2, 0.25) is 0 Å². The first-order valence-corrected chi connectivity index (χ1v) is 10.0. The molecule has 1 aliphatic carbocycles. The highest BCUT2D eigenvalue weighted by Gasteiger charge is 2.20. The van der Waals surface area contributed by atoms with Gasteiger partial charge < -0.3 is 26.8 Å². The summed E-state index contributed by atoms with van der Waals surface area (Å²) in [6.45, 7) is 2.27. The molecule has 5 N–H and O–H groups in total. The minimum atomic E-state index is -0.131. The monoisotopic (exact) mass is 384 g/mol. The fraction of sp³-hybridized carbons (Fsp3) is 0.476. The second kappa shape index (κ2) is 10.3. The zero-order chi connectivity index (χ0) is 19.8. The van der Waals surface area contributed by atoms with Crippen LogP contribution >= 0.6 is 0 Å². The molecule has 0 atom stereocenters. The van der Waals surface area contributed by atoms with Gasteiger partial charge in [0, 0.05) is 19.2 Å². The molecule has 7 heteroatoms. The van der Waals surface area contributed by atoms with Gasteiger partial charge in [0.25, 0.3) is 0 Å². The van der Waals surface area contributed by atoms with Crippen molar-refractivity contribution >= 4 is 17.2 Å². The number of benzene rings is 1. The molecule has 0 aliphatic heterocycles. The normalized spacial score (nSPS) is 19.2. The van der Waals surface area contributed by atoms with E-state index in [1.165, 1.54) is 11.8 Å². The molecule has 0 bridgehead atoms. The summed E-state index contributed by atoms with van der Waals surface area (Å²) in [7, 11) is 0. The van der Waals surface area contributed by atoms with Crippen LogP contribution in [0.4, 0.5) is 17.2 Å². The molecule has 0 unspecified atom stereocenters.